The number of hydrogen-bond acceptors (Lipinski definition) is 7. The highest BCUT2D eigenvalue weighted by molar-refractivity contribution is 7.17. The van der Waals surface area contributed by atoms with E-state index in [-0.39, 0.29) is 21.3 Å². The van der Waals surface area contributed by atoms with E-state index in [9.17, 15) is 19.5 Å². The monoisotopic (exact) mass is 468 g/mol. The highest BCUT2D eigenvalue weighted by atomic mass is 35.5. The second-order valence-electron chi connectivity index (χ2n) is 6.99. The molecular weight excluding hydrogens is 452 g/mol. The van der Waals surface area contributed by atoms with Crippen molar-refractivity contribution < 1.29 is 24.2 Å². The van der Waals surface area contributed by atoms with E-state index >= 15 is 0 Å². The van der Waals surface area contributed by atoms with Crippen molar-refractivity contribution in [3.05, 3.63) is 86.9 Å². The van der Waals surface area contributed by atoms with Crippen molar-refractivity contribution in [2.24, 2.45) is 0 Å². The van der Waals surface area contributed by atoms with Crippen LogP contribution >= 0.6 is 22.9 Å². The number of benzene rings is 2. The molecule has 9 heteroatoms. The molecule has 1 N–H and O–H groups in total. The number of anilines is 1. The van der Waals surface area contributed by atoms with Crippen molar-refractivity contribution in [2.75, 3.05) is 12.0 Å². The van der Waals surface area contributed by atoms with E-state index in [0.717, 1.165) is 11.3 Å². The molecular formula is C23H17ClN2O5S. The number of ether oxygens (including phenoxy) is 1. The van der Waals surface area contributed by atoms with E-state index in [2.05, 4.69) is 4.98 Å². The van der Waals surface area contributed by atoms with Gasteiger partial charge in [0.05, 0.1) is 24.4 Å². The molecule has 7 nitrogen and oxygen atoms in total. The summed E-state index contributed by atoms with van der Waals surface area (Å²) < 4.78 is 4.78. The number of aryl methyl sites for hydroxylation is 1. The van der Waals surface area contributed by atoms with Gasteiger partial charge in [0.2, 0.25) is 0 Å². The van der Waals surface area contributed by atoms with Gasteiger partial charge in [-0.1, -0.05) is 53.3 Å². The number of ketones is 1. The van der Waals surface area contributed by atoms with Gasteiger partial charge in [0.1, 0.15) is 10.6 Å². The first-order valence-corrected chi connectivity index (χ1v) is 10.7. The third-order valence-electron chi connectivity index (χ3n) is 5.04. The maximum absolute atomic E-state index is 13.1. The van der Waals surface area contributed by atoms with Gasteiger partial charge in [0.15, 0.2) is 5.13 Å². The number of methoxy groups -OCH3 is 1. The Bertz CT molecular complexity index is 1250. The average molecular weight is 469 g/mol. The number of halogens is 1. The van der Waals surface area contributed by atoms with Gasteiger partial charge in [-0.3, -0.25) is 14.5 Å². The molecule has 0 radical (unpaired) electrons. The normalized spacial score (nSPS) is 17.6. The fourth-order valence-electron chi connectivity index (χ4n) is 3.51. The minimum absolute atomic E-state index is 0.0732. The number of aromatic nitrogens is 1. The van der Waals surface area contributed by atoms with Crippen LogP contribution < -0.4 is 4.90 Å². The third-order valence-corrected chi connectivity index (χ3v) is 6.43. The third kappa shape index (κ3) is 3.68. The number of rotatable bonds is 4. The van der Waals surface area contributed by atoms with Crippen LogP contribution in [0.3, 0.4) is 0 Å². The van der Waals surface area contributed by atoms with E-state index in [1.165, 1.54) is 12.0 Å². The lowest BCUT2D eigenvalue weighted by Gasteiger charge is -2.22. The van der Waals surface area contributed by atoms with Crippen LogP contribution in [0.1, 0.15) is 32.5 Å². The van der Waals surface area contributed by atoms with Crippen molar-refractivity contribution in [3.63, 3.8) is 0 Å². The van der Waals surface area contributed by atoms with Crippen LogP contribution in [-0.2, 0) is 14.3 Å². The standard InChI is InChI=1S/C23H17ClN2O5S/c1-12-20(22(30)31-2)32-23(25-12)26-17(13-6-4-3-5-7-13)16(19(28)21(26)29)18(27)14-8-10-15(24)11-9-14/h3-11,17,27H,1-2H3/b18-16+/t17-/m1/s1. The van der Waals surface area contributed by atoms with E-state index in [1.807, 2.05) is 0 Å². The highest BCUT2D eigenvalue weighted by Crippen LogP contribution is 2.43. The smallest absolute Gasteiger partial charge is 0.350 e. The molecule has 0 spiro atoms. The van der Waals surface area contributed by atoms with Crippen molar-refractivity contribution in [1.29, 1.82) is 0 Å². The van der Waals surface area contributed by atoms with Gasteiger partial charge in [-0.05, 0) is 36.8 Å². The lowest BCUT2D eigenvalue weighted by molar-refractivity contribution is -0.132. The maximum Gasteiger partial charge on any atom is 0.350 e. The van der Waals surface area contributed by atoms with Gasteiger partial charge in [-0.15, -0.1) is 0 Å². The van der Waals surface area contributed by atoms with Crippen LogP contribution in [-0.4, -0.2) is 34.9 Å². The number of esters is 1. The molecule has 1 aliphatic rings. The van der Waals surface area contributed by atoms with Crippen LogP contribution in [0.2, 0.25) is 5.02 Å². The van der Waals surface area contributed by atoms with Gasteiger partial charge < -0.3 is 9.84 Å². The highest BCUT2D eigenvalue weighted by Gasteiger charge is 2.48. The molecule has 2 heterocycles. The summed E-state index contributed by atoms with van der Waals surface area (Å²) in [6, 6.07) is 14.2. The SMILES string of the molecule is COC(=O)c1sc(N2C(=O)C(=O)/C(=C(/O)c3ccc(Cl)cc3)[C@H]2c2ccccc2)nc1C. The molecule has 32 heavy (non-hydrogen) atoms. The zero-order chi connectivity index (χ0) is 23.0. The lowest BCUT2D eigenvalue weighted by atomic mass is 9.95. The largest absolute Gasteiger partial charge is 0.507 e. The van der Waals surface area contributed by atoms with Gasteiger partial charge in [-0.2, -0.15) is 0 Å². The number of carbonyl (C=O) groups excluding carboxylic acids is 3. The van der Waals surface area contributed by atoms with Crippen LogP contribution in [0.15, 0.2) is 60.2 Å². The molecule has 3 aromatic rings. The molecule has 1 aliphatic heterocycles. The predicted octanol–water partition coefficient (Wildman–Crippen LogP) is 4.52. The van der Waals surface area contributed by atoms with Crippen molar-refractivity contribution in [3.8, 4) is 0 Å². The number of aliphatic hydroxyl groups excluding tert-OH is 1. The lowest BCUT2D eigenvalue weighted by Crippen LogP contribution is -2.29. The van der Waals surface area contributed by atoms with E-state index < -0.39 is 23.7 Å². The summed E-state index contributed by atoms with van der Waals surface area (Å²) in [5.41, 5.74) is 1.26. The van der Waals surface area contributed by atoms with E-state index in [0.29, 0.717) is 21.8 Å². The predicted molar refractivity (Wildman–Crippen MR) is 121 cm³/mol. The fourth-order valence-corrected chi connectivity index (χ4v) is 4.65. The topological polar surface area (TPSA) is 96.8 Å². The first-order chi connectivity index (χ1) is 15.3. The molecule has 1 amide bonds. The Kier molecular flexibility index (Phi) is 5.82. The minimum Gasteiger partial charge on any atom is -0.507 e. The molecule has 0 unspecified atom stereocenters. The molecule has 2 aromatic carbocycles. The van der Waals surface area contributed by atoms with Crippen LogP contribution in [0, 0.1) is 6.92 Å². The molecule has 1 atom stereocenters. The average Bonchev–Trinajstić information content (AvgIpc) is 3.31. The van der Waals surface area contributed by atoms with Crippen molar-refractivity contribution in [1.82, 2.24) is 4.98 Å². The second-order valence-corrected chi connectivity index (χ2v) is 8.40. The molecule has 0 saturated carbocycles. The molecule has 0 bridgehead atoms. The summed E-state index contributed by atoms with van der Waals surface area (Å²) in [6.07, 6.45) is 0. The first kappa shape index (κ1) is 21.7. The zero-order valence-corrected chi connectivity index (χ0v) is 18.6. The number of amides is 1. The van der Waals surface area contributed by atoms with Crippen LogP contribution in [0.25, 0.3) is 5.76 Å². The van der Waals surface area contributed by atoms with E-state index in [4.69, 9.17) is 16.3 Å². The Morgan fingerprint density at radius 1 is 1.12 bits per heavy atom. The Morgan fingerprint density at radius 3 is 2.41 bits per heavy atom. The first-order valence-electron chi connectivity index (χ1n) is 9.51. The Balaban J connectivity index is 1.92. The summed E-state index contributed by atoms with van der Waals surface area (Å²) in [6.45, 7) is 1.62. The maximum atomic E-state index is 13.1. The Hall–Kier alpha value is -3.49. The summed E-state index contributed by atoms with van der Waals surface area (Å²) >= 11 is 6.89. The molecule has 1 fully saturated rings. The fraction of sp³-hybridized carbons (Fsp3) is 0.130. The molecule has 162 valence electrons. The van der Waals surface area contributed by atoms with E-state index in [1.54, 1.807) is 61.5 Å². The molecule has 0 aliphatic carbocycles. The number of hydrogen-bond donors (Lipinski definition) is 1. The van der Waals surface area contributed by atoms with Gasteiger partial charge in [0.25, 0.3) is 5.78 Å². The number of nitrogens with zero attached hydrogens (tertiary/aromatic N) is 2. The number of aliphatic hydroxyl groups is 1. The van der Waals surface area contributed by atoms with Crippen molar-refractivity contribution in [2.45, 2.75) is 13.0 Å². The summed E-state index contributed by atoms with van der Waals surface area (Å²) in [5, 5.41) is 11.7. The molecule has 1 aromatic heterocycles. The Morgan fingerprint density at radius 2 is 1.78 bits per heavy atom. The van der Waals surface area contributed by atoms with Crippen LogP contribution in [0.5, 0.6) is 0 Å². The van der Waals surface area contributed by atoms with Gasteiger partial charge in [0, 0.05) is 10.6 Å². The summed E-state index contributed by atoms with van der Waals surface area (Å²) in [5.74, 6) is -2.60. The zero-order valence-electron chi connectivity index (χ0n) is 17.0. The number of thiazole rings is 1. The van der Waals surface area contributed by atoms with Crippen molar-refractivity contribution >= 4 is 51.5 Å². The van der Waals surface area contributed by atoms with Crippen LogP contribution in [0.4, 0.5) is 5.13 Å². The molecule has 4 rings (SSSR count). The second kappa shape index (κ2) is 8.57. The summed E-state index contributed by atoms with van der Waals surface area (Å²) in [7, 11) is 1.25. The van der Waals surface area contributed by atoms with Gasteiger partial charge in [-0.25, -0.2) is 9.78 Å². The molecule has 1 saturated heterocycles. The van der Waals surface area contributed by atoms with Gasteiger partial charge >= 0.3 is 11.9 Å². The number of carbonyl (C=O) groups is 3. The quantitative estimate of drug-likeness (QED) is 0.262. The number of Topliss-reactive ketones (excluding diaryl/α,β-unsaturated/α-hetero) is 1. The minimum atomic E-state index is -0.928. The summed E-state index contributed by atoms with van der Waals surface area (Å²) in [4.78, 5) is 44.1. The Labute approximate surface area is 192 Å².